The van der Waals surface area contributed by atoms with Gasteiger partial charge in [-0.15, -0.1) is 0 Å². The van der Waals surface area contributed by atoms with Crippen molar-refractivity contribution in [1.29, 1.82) is 0 Å². The fraction of sp³-hybridized carbons (Fsp3) is 0.304. The van der Waals surface area contributed by atoms with Gasteiger partial charge in [0.15, 0.2) is 6.61 Å². The van der Waals surface area contributed by atoms with E-state index in [1.54, 1.807) is 4.90 Å². The lowest BCUT2D eigenvalue weighted by atomic mass is 10.0. The molecule has 0 aliphatic carbocycles. The van der Waals surface area contributed by atoms with Crippen LogP contribution in [0.2, 0.25) is 0 Å². The summed E-state index contributed by atoms with van der Waals surface area (Å²) in [5.74, 6) is 6.82. The summed E-state index contributed by atoms with van der Waals surface area (Å²) in [6, 6.07) is 15.1. The maximum Gasteiger partial charge on any atom is 0.321 e. The van der Waals surface area contributed by atoms with Gasteiger partial charge in [-0.2, -0.15) is 0 Å². The Kier molecular flexibility index (Phi) is 6.75. The molecule has 0 spiro atoms. The number of amides is 3. The number of nitrogens with one attached hydrogen (secondary N) is 2. The van der Waals surface area contributed by atoms with Crippen molar-refractivity contribution < 1.29 is 14.3 Å². The molecule has 0 aromatic heterocycles. The molecule has 1 aliphatic heterocycles. The minimum Gasteiger partial charge on any atom is -0.484 e. The van der Waals surface area contributed by atoms with E-state index in [4.69, 9.17) is 4.74 Å². The number of nitrogens with zero attached hydrogens (tertiary/aromatic N) is 1. The van der Waals surface area contributed by atoms with Crippen LogP contribution < -0.4 is 20.3 Å². The van der Waals surface area contributed by atoms with Gasteiger partial charge in [0.05, 0.1) is 6.54 Å². The molecule has 0 unspecified atom stereocenters. The third-order valence-corrected chi connectivity index (χ3v) is 4.56. The summed E-state index contributed by atoms with van der Waals surface area (Å²) in [7, 11) is 0. The largest absolute Gasteiger partial charge is 0.484 e. The van der Waals surface area contributed by atoms with Crippen molar-refractivity contribution in [2.24, 2.45) is 0 Å². The Hall–Kier alpha value is -3.46. The quantitative estimate of drug-likeness (QED) is 0.744. The molecule has 3 amide bonds. The maximum absolute atomic E-state index is 11.9. The predicted octanol–water partition coefficient (Wildman–Crippen LogP) is 2.89. The summed E-state index contributed by atoms with van der Waals surface area (Å²) in [6.07, 6.45) is 0. The lowest BCUT2D eigenvalue weighted by molar-refractivity contribution is -0.122. The lowest BCUT2D eigenvalue weighted by Gasteiger charge is -2.13. The molecule has 6 nitrogen and oxygen atoms in total. The molecule has 1 fully saturated rings. The van der Waals surface area contributed by atoms with E-state index in [1.807, 2.05) is 48.5 Å². The molecule has 1 aliphatic rings. The van der Waals surface area contributed by atoms with Crippen LogP contribution in [-0.4, -0.2) is 38.2 Å². The van der Waals surface area contributed by atoms with Crippen molar-refractivity contribution in [3.8, 4) is 17.6 Å². The number of urea groups is 1. The summed E-state index contributed by atoms with van der Waals surface area (Å²) < 4.78 is 5.49. The summed E-state index contributed by atoms with van der Waals surface area (Å²) in [5, 5.41) is 5.49. The number of benzene rings is 2. The van der Waals surface area contributed by atoms with Gasteiger partial charge < -0.3 is 15.4 Å². The molecule has 2 N–H and O–H groups in total. The summed E-state index contributed by atoms with van der Waals surface area (Å²) in [4.78, 5) is 25.2. The van der Waals surface area contributed by atoms with Gasteiger partial charge in [-0.25, -0.2) is 4.79 Å². The molecule has 1 heterocycles. The first-order chi connectivity index (χ1) is 14.0. The SMILES string of the molecule is CC(C)c1ccc(OCC(=O)NCC#Cc2ccc(N3CCNC3=O)cc2)cc1. The first-order valence-corrected chi connectivity index (χ1v) is 9.66. The minimum atomic E-state index is -0.220. The average Bonchev–Trinajstić information content (AvgIpc) is 3.16. The molecule has 0 saturated carbocycles. The Labute approximate surface area is 171 Å². The Bertz CT molecular complexity index is 909. The molecule has 29 heavy (non-hydrogen) atoms. The Balaban J connectivity index is 1.41. The molecule has 0 atom stereocenters. The molecule has 0 bridgehead atoms. The smallest absolute Gasteiger partial charge is 0.321 e. The van der Waals surface area contributed by atoms with Gasteiger partial charge >= 0.3 is 6.03 Å². The Morgan fingerprint density at radius 3 is 2.52 bits per heavy atom. The number of carbonyl (C=O) groups excluding carboxylic acids is 2. The van der Waals surface area contributed by atoms with Crippen LogP contribution in [0.4, 0.5) is 10.5 Å². The second kappa shape index (κ2) is 9.65. The standard InChI is InChI=1S/C23H25N3O3/c1-17(2)19-7-11-21(12-8-19)29-16-22(27)24-13-3-4-18-5-9-20(10-6-18)26-15-14-25-23(26)28/h5-12,17H,13-16H2,1-2H3,(H,24,27)(H,25,28). The van der Waals surface area contributed by atoms with Gasteiger partial charge in [-0.1, -0.05) is 37.8 Å². The molecule has 1 saturated heterocycles. The first-order valence-electron chi connectivity index (χ1n) is 9.66. The van der Waals surface area contributed by atoms with E-state index >= 15 is 0 Å². The molecule has 6 heteroatoms. The zero-order chi connectivity index (χ0) is 20.6. The van der Waals surface area contributed by atoms with Crippen molar-refractivity contribution in [3.05, 3.63) is 59.7 Å². The molecular formula is C23H25N3O3. The Morgan fingerprint density at radius 2 is 1.90 bits per heavy atom. The van der Waals surface area contributed by atoms with Crippen LogP contribution >= 0.6 is 0 Å². The highest BCUT2D eigenvalue weighted by Crippen LogP contribution is 2.18. The zero-order valence-corrected chi connectivity index (χ0v) is 16.7. The molecule has 0 radical (unpaired) electrons. The average molecular weight is 391 g/mol. The third-order valence-electron chi connectivity index (χ3n) is 4.56. The van der Waals surface area contributed by atoms with Gasteiger partial charge in [0.1, 0.15) is 5.75 Å². The minimum absolute atomic E-state index is 0.0463. The highest BCUT2D eigenvalue weighted by Gasteiger charge is 2.20. The van der Waals surface area contributed by atoms with Gasteiger partial charge in [0.2, 0.25) is 0 Å². The van der Waals surface area contributed by atoms with Crippen molar-refractivity contribution in [3.63, 3.8) is 0 Å². The van der Waals surface area contributed by atoms with E-state index in [-0.39, 0.29) is 25.1 Å². The van der Waals surface area contributed by atoms with Crippen LogP contribution in [0.1, 0.15) is 30.9 Å². The fourth-order valence-electron chi connectivity index (χ4n) is 2.88. The Morgan fingerprint density at radius 1 is 1.17 bits per heavy atom. The molecule has 2 aromatic rings. The van der Waals surface area contributed by atoms with Crippen molar-refractivity contribution >= 4 is 17.6 Å². The van der Waals surface area contributed by atoms with Gasteiger partial charge in [0.25, 0.3) is 5.91 Å². The van der Waals surface area contributed by atoms with Crippen LogP contribution in [0.25, 0.3) is 0 Å². The second-order valence-corrected chi connectivity index (χ2v) is 7.02. The third kappa shape index (κ3) is 5.76. The topological polar surface area (TPSA) is 70.7 Å². The van der Waals surface area contributed by atoms with Crippen LogP contribution in [0, 0.1) is 11.8 Å². The van der Waals surface area contributed by atoms with E-state index in [1.165, 1.54) is 5.56 Å². The molecular weight excluding hydrogens is 366 g/mol. The number of hydrogen-bond donors (Lipinski definition) is 2. The van der Waals surface area contributed by atoms with Gasteiger partial charge in [0, 0.05) is 24.3 Å². The molecule has 3 rings (SSSR count). The lowest BCUT2D eigenvalue weighted by Crippen LogP contribution is -2.29. The second-order valence-electron chi connectivity index (χ2n) is 7.02. The van der Waals surface area contributed by atoms with Crippen molar-refractivity contribution in [1.82, 2.24) is 10.6 Å². The number of hydrogen-bond acceptors (Lipinski definition) is 3. The van der Waals surface area contributed by atoms with Crippen LogP contribution in [0.3, 0.4) is 0 Å². The summed E-state index contributed by atoms with van der Waals surface area (Å²) in [6.45, 7) is 5.78. The fourth-order valence-corrected chi connectivity index (χ4v) is 2.88. The number of anilines is 1. The van der Waals surface area contributed by atoms with Gasteiger partial charge in [-0.3, -0.25) is 9.69 Å². The van der Waals surface area contributed by atoms with E-state index in [2.05, 4.69) is 36.3 Å². The highest BCUT2D eigenvalue weighted by molar-refractivity contribution is 5.94. The predicted molar refractivity (Wildman–Crippen MR) is 113 cm³/mol. The van der Waals surface area contributed by atoms with Crippen LogP contribution in [-0.2, 0) is 4.79 Å². The molecule has 150 valence electrons. The zero-order valence-electron chi connectivity index (χ0n) is 16.7. The van der Waals surface area contributed by atoms with E-state index < -0.39 is 0 Å². The summed E-state index contributed by atoms with van der Waals surface area (Å²) in [5.41, 5.74) is 2.90. The van der Waals surface area contributed by atoms with Crippen molar-refractivity contribution in [2.45, 2.75) is 19.8 Å². The normalized spacial score (nSPS) is 12.9. The van der Waals surface area contributed by atoms with E-state index in [0.29, 0.717) is 24.8 Å². The van der Waals surface area contributed by atoms with E-state index in [9.17, 15) is 9.59 Å². The maximum atomic E-state index is 11.9. The van der Waals surface area contributed by atoms with Gasteiger partial charge in [-0.05, 0) is 47.9 Å². The first kappa shape index (κ1) is 20.3. The monoisotopic (exact) mass is 391 g/mol. The summed E-state index contributed by atoms with van der Waals surface area (Å²) >= 11 is 0. The van der Waals surface area contributed by atoms with Crippen LogP contribution in [0.15, 0.2) is 48.5 Å². The van der Waals surface area contributed by atoms with E-state index in [0.717, 1.165) is 11.3 Å². The number of rotatable bonds is 6. The molecule has 2 aromatic carbocycles. The van der Waals surface area contributed by atoms with Crippen LogP contribution in [0.5, 0.6) is 5.75 Å². The number of ether oxygens (including phenoxy) is 1. The van der Waals surface area contributed by atoms with Crippen molar-refractivity contribution in [2.75, 3.05) is 31.1 Å². The highest BCUT2D eigenvalue weighted by atomic mass is 16.5. The number of carbonyl (C=O) groups is 2.